The van der Waals surface area contributed by atoms with Crippen LogP contribution in [0.4, 0.5) is 5.69 Å². The second kappa shape index (κ2) is 4.31. The third-order valence-corrected chi connectivity index (χ3v) is 4.18. The number of hydrogen-bond donors (Lipinski definition) is 1. The Balaban J connectivity index is 1.90. The van der Waals surface area contributed by atoms with Crippen LogP contribution in [-0.4, -0.2) is 26.4 Å². The normalized spacial score (nSPS) is 24.2. The molecule has 0 amide bonds. The molecule has 1 aromatic carbocycles. The maximum atomic E-state index is 5.90. The molecule has 2 heterocycles. The Morgan fingerprint density at radius 3 is 2.47 bits per heavy atom. The van der Waals surface area contributed by atoms with Gasteiger partial charge in [0.25, 0.3) is 0 Å². The Bertz CT molecular complexity index is 395. The van der Waals surface area contributed by atoms with Gasteiger partial charge < -0.3 is 15.2 Å². The van der Waals surface area contributed by atoms with Crippen LogP contribution < -0.4 is 5.73 Å². The lowest BCUT2D eigenvalue weighted by Gasteiger charge is -2.49. The van der Waals surface area contributed by atoms with Crippen molar-refractivity contribution in [1.29, 1.82) is 0 Å². The topological polar surface area (TPSA) is 44.5 Å². The molecule has 0 unspecified atom stereocenters. The number of ether oxygens (including phenoxy) is 2. The number of nitrogen functional groups attached to an aromatic ring is 1. The van der Waals surface area contributed by atoms with E-state index in [0.717, 1.165) is 45.0 Å². The van der Waals surface area contributed by atoms with E-state index in [1.807, 2.05) is 12.1 Å². The van der Waals surface area contributed by atoms with Gasteiger partial charge in [-0.3, -0.25) is 0 Å². The van der Waals surface area contributed by atoms with Crippen LogP contribution in [0.3, 0.4) is 0 Å². The summed E-state index contributed by atoms with van der Waals surface area (Å²) >= 11 is 0. The molecule has 3 heteroatoms. The maximum absolute atomic E-state index is 5.90. The van der Waals surface area contributed by atoms with E-state index in [2.05, 4.69) is 12.1 Å². The quantitative estimate of drug-likeness (QED) is 0.794. The summed E-state index contributed by atoms with van der Waals surface area (Å²) in [4.78, 5) is 0. The van der Waals surface area contributed by atoms with E-state index >= 15 is 0 Å². The van der Waals surface area contributed by atoms with Crippen molar-refractivity contribution in [3.63, 3.8) is 0 Å². The van der Waals surface area contributed by atoms with Crippen LogP contribution in [0.5, 0.6) is 0 Å². The lowest BCUT2D eigenvalue weighted by Crippen LogP contribution is -2.53. The molecule has 2 saturated heterocycles. The van der Waals surface area contributed by atoms with E-state index in [1.165, 1.54) is 5.56 Å². The third-order valence-electron chi connectivity index (χ3n) is 4.18. The predicted octanol–water partition coefficient (Wildman–Crippen LogP) is 1.96. The highest BCUT2D eigenvalue weighted by Crippen LogP contribution is 2.44. The summed E-state index contributed by atoms with van der Waals surface area (Å²) in [5.74, 6) is 0.673. The van der Waals surface area contributed by atoms with Crippen LogP contribution in [0.1, 0.15) is 18.4 Å². The fourth-order valence-electron chi connectivity index (χ4n) is 3.06. The average molecular weight is 233 g/mol. The van der Waals surface area contributed by atoms with Gasteiger partial charge in [-0.2, -0.15) is 0 Å². The van der Waals surface area contributed by atoms with Crippen molar-refractivity contribution in [1.82, 2.24) is 0 Å². The van der Waals surface area contributed by atoms with Gasteiger partial charge in [0.05, 0.1) is 13.2 Å². The van der Waals surface area contributed by atoms with Gasteiger partial charge in [-0.25, -0.2) is 0 Å². The average Bonchev–Trinajstić information content (AvgIpc) is 2.29. The molecular formula is C14H19NO2. The minimum Gasteiger partial charge on any atom is -0.399 e. The summed E-state index contributed by atoms with van der Waals surface area (Å²) in [6.07, 6.45) is 2.27. The Kier molecular flexibility index (Phi) is 2.81. The van der Waals surface area contributed by atoms with Crippen molar-refractivity contribution < 1.29 is 9.47 Å². The number of benzene rings is 1. The van der Waals surface area contributed by atoms with Crippen LogP contribution in [0.2, 0.25) is 0 Å². The highest BCUT2D eigenvalue weighted by atomic mass is 16.5. The first-order valence-electron chi connectivity index (χ1n) is 6.33. The lowest BCUT2D eigenvalue weighted by molar-refractivity contribution is -0.111. The second-order valence-electron chi connectivity index (χ2n) is 5.16. The molecule has 0 saturated carbocycles. The van der Waals surface area contributed by atoms with E-state index in [1.54, 1.807) is 0 Å². The Morgan fingerprint density at radius 1 is 1.12 bits per heavy atom. The molecule has 17 heavy (non-hydrogen) atoms. The lowest BCUT2D eigenvalue weighted by atomic mass is 9.66. The third kappa shape index (κ3) is 1.83. The minimum atomic E-state index is 0.194. The molecule has 0 aliphatic carbocycles. The van der Waals surface area contributed by atoms with Crippen molar-refractivity contribution in [2.45, 2.75) is 18.3 Å². The molecule has 1 aromatic rings. The van der Waals surface area contributed by atoms with Gasteiger partial charge in [0.1, 0.15) is 0 Å². The van der Waals surface area contributed by atoms with Crippen molar-refractivity contribution >= 4 is 5.69 Å². The zero-order valence-electron chi connectivity index (χ0n) is 10.0. The van der Waals surface area contributed by atoms with Crippen LogP contribution in [-0.2, 0) is 14.9 Å². The molecular weight excluding hydrogens is 214 g/mol. The summed E-state index contributed by atoms with van der Waals surface area (Å²) < 4.78 is 11.0. The van der Waals surface area contributed by atoms with E-state index < -0.39 is 0 Å². The number of rotatable bonds is 2. The first-order chi connectivity index (χ1) is 8.31. The van der Waals surface area contributed by atoms with E-state index in [0.29, 0.717) is 5.92 Å². The predicted molar refractivity (Wildman–Crippen MR) is 66.9 cm³/mol. The molecule has 2 aliphatic heterocycles. The van der Waals surface area contributed by atoms with Crippen LogP contribution >= 0.6 is 0 Å². The van der Waals surface area contributed by atoms with Gasteiger partial charge in [-0.1, -0.05) is 12.1 Å². The highest BCUT2D eigenvalue weighted by Gasteiger charge is 2.47. The van der Waals surface area contributed by atoms with E-state index in [4.69, 9.17) is 15.2 Å². The Morgan fingerprint density at radius 2 is 1.88 bits per heavy atom. The van der Waals surface area contributed by atoms with Gasteiger partial charge in [-0.15, -0.1) is 0 Å². The molecule has 2 fully saturated rings. The standard InChI is InChI=1S/C14H19NO2/c15-13-3-1-2-12(8-13)14(9-17-10-14)11-4-6-16-7-5-11/h1-3,8,11H,4-7,9-10,15H2. The Hall–Kier alpha value is -1.06. The number of hydrogen-bond acceptors (Lipinski definition) is 3. The SMILES string of the molecule is Nc1cccc(C2(C3CCOCC3)COC2)c1. The van der Waals surface area contributed by atoms with Crippen LogP contribution in [0.15, 0.2) is 24.3 Å². The maximum Gasteiger partial charge on any atom is 0.0588 e. The molecule has 0 atom stereocenters. The smallest absolute Gasteiger partial charge is 0.0588 e. The first kappa shape index (κ1) is 11.1. The molecule has 0 bridgehead atoms. The molecule has 3 rings (SSSR count). The van der Waals surface area contributed by atoms with Gasteiger partial charge >= 0.3 is 0 Å². The summed E-state index contributed by atoms with van der Waals surface area (Å²) in [5, 5.41) is 0. The molecule has 2 aliphatic rings. The highest BCUT2D eigenvalue weighted by molar-refractivity contribution is 5.44. The molecule has 0 radical (unpaired) electrons. The van der Waals surface area contributed by atoms with Gasteiger partial charge in [0.15, 0.2) is 0 Å². The summed E-state index contributed by atoms with van der Waals surface area (Å²) in [6.45, 7) is 3.44. The number of anilines is 1. The van der Waals surface area contributed by atoms with Crippen molar-refractivity contribution in [3.05, 3.63) is 29.8 Å². The molecule has 92 valence electrons. The summed E-state index contributed by atoms with van der Waals surface area (Å²) in [6, 6.07) is 8.29. The fourth-order valence-corrected chi connectivity index (χ4v) is 3.06. The van der Waals surface area contributed by atoms with Gasteiger partial charge in [0.2, 0.25) is 0 Å². The Labute approximate surface area is 102 Å². The molecule has 0 aromatic heterocycles. The zero-order valence-corrected chi connectivity index (χ0v) is 10.0. The minimum absolute atomic E-state index is 0.194. The van der Waals surface area contributed by atoms with Crippen molar-refractivity contribution in [2.75, 3.05) is 32.2 Å². The van der Waals surface area contributed by atoms with E-state index in [-0.39, 0.29) is 5.41 Å². The van der Waals surface area contributed by atoms with E-state index in [9.17, 15) is 0 Å². The van der Waals surface area contributed by atoms with Crippen molar-refractivity contribution in [3.8, 4) is 0 Å². The summed E-state index contributed by atoms with van der Waals surface area (Å²) in [5.41, 5.74) is 8.28. The largest absolute Gasteiger partial charge is 0.399 e. The molecule has 0 spiro atoms. The number of nitrogens with two attached hydrogens (primary N) is 1. The van der Waals surface area contributed by atoms with Crippen molar-refractivity contribution in [2.24, 2.45) is 5.92 Å². The van der Waals surface area contributed by atoms with Gasteiger partial charge in [-0.05, 0) is 36.5 Å². The fraction of sp³-hybridized carbons (Fsp3) is 0.571. The zero-order chi connectivity index (χ0) is 11.7. The second-order valence-corrected chi connectivity index (χ2v) is 5.16. The monoisotopic (exact) mass is 233 g/mol. The summed E-state index contributed by atoms with van der Waals surface area (Å²) in [7, 11) is 0. The first-order valence-corrected chi connectivity index (χ1v) is 6.33. The molecule has 3 nitrogen and oxygen atoms in total. The van der Waals surface area contributed by atoms with Gasteiger partial charge in [0, 0.05) is 24.3 Å². The molecule has 2 N–H and O–H groups in total. The van der Waals surface area contributed by atoms with Crippen LogP contribution in [0.25, 0.3) is 0 Å². The van der Waals surface area contributed by atoms with Crippen LogP contribution in [0, 0.1) is 5.92 Å².